The van der Waals surface area contributed by atoms with Crippen LogP contribution in [0, 0.1) is 10.1 Å². The number of nitro benzene ring substituents is 1. The fourth-order valence-electron chi connectivity index (χ4n) is 2.45. The number of carbonyl (C=O) groups excluding carboxylic acids is 1. The summed E-state index contributed by atoms with van der Waals surface area (Å²) in [6.07, 6.45) is 0.171. The van der Waals surface area contributed by atoms with Gasteiger partial charge in [0, 0.05) is 26.1 Å². The van der Waals surface area contributed by atoms with E-state index in [-0.39, 0.29) is 17.5 Å². The SMILES string of the molecule is CC(=O)Oc1ccc(NC2CCN(C(=O)O)CC2)c([N+](=O)[O-])c1. The lowest BCUT2D eigenvalue weighted by Crippen LogP contribution is -2.41. The highest BCUT2D eigenvalue weighted by Crippen LogP contribution is 2.30. The molecule has 23 heavy (non-hydrogen) atoms. The number of ether oxygens (including phenoxy) is 1. The van der Waals surface area contributed by atoms with Crippen molar-refractivity contribution in [1.82, 2.24) is 4.90 Å². The highest BCUT2D eigenvalue weighted by molar-refractivity contribution is 5.71. The number of nitrogens with one attached hydrogen (secondary N) is 1. The van der Waals surface area contributed by atoms with Crippen molar-refractivity contribution in [2.24, 2.45) is 0 Å². The van der Waals surface area contributed by atoms with Crippen LogP contribution in [0.4, 0.5) is 16.2 Å². The molecule has 1 saturated heterocycles. The molecule has 0 aliphatic carbocycles. The molecule has 0 aromatic heterocycles. The minimum atomic E-state index is -0.958. The van der Waals surface area contributed by atoms with Crippen LogP contribution in [-0.2, 0) is 4.79 Å². The van der Waals surface area contributed by atoms with Gasteiger partial charge in [-0.1, -0.05) is 0 Å². The van der Waals surface area contributed by atoms with Gasteiger partial charge < -0.3 is 20.1 Å². The number of carboxylic acid groups (broad SMARTS) is 1. The minimum absolute atomic E-state index is 0.0520. The number of anilines is 1. The maximum atomic E-state index is 11.2. The highest BCUT2D eigenvalue weighted by Gasteiger charge is 2.24. The number of piperidine rings is 1. The summed E-state index contributed by atoms with van der Waals surface area (Å²) in [7, 11) is 0. The van der Waals surface area contributed by atoms with Gasteiger partial charge in [0.1, 0.15) is 11.4 Å². The van der Waals surface area contributed by atoms with E-state index in [2.05, 4.69) is 5.32 Å². The van der Waals surface area contributed by atoms with Crippen LogP contribution in [0.15, 0.2) is 18.2 Å². The predicted molar refractivity (Wildman–Crippen MR) is 80.6 cm³/mol. The summed E-state index contributed by atoms with van der Waals surface area (Å²) in [4.78, 5) is 33.7. The Morgan fingerprint density at radius 2 is 2.04 bits per heavy atom. The Kier molecular flexibility index (Phi) is 4.99. The van der Waals surface area contributed by atoms with E-state index in [1.54, 1.807) is 0 Å². The van der Waals surface area contributed by atoms with E-state index in [9.17, 15) is 19.7 Å². The first-order valence-corrected chi connectivity index (χ1v) is 7.08. The molecule has 1 aliphatic heterocycles. The van der Waals surface area contributed by atoms with E-state index in [1.807, 2.05) is 0 Å². The Hall–Kier alpha value is -2.84. The quantitative estimate of drug-likeness (QED) is 0.376. The second kappa shape index (κ2) is 6.95. The van der Waals surface area contributed by atoms with Crippen molar-refractivity contribution >= 4 is 23.4 Å². The molecule has 1 aliphatic rings. The second-order valence-corrected chi connectivity index (χ2v) is 5.22. The van der Waals surface area contributed by atoms with E-state index < -0.39 is 17.0 Å². The Morgan fingerprint density at radius 1 is 1.39 bits per heavy atom. The van der Waals surface area contributed by atoms with E-state index in [0.29, 0.717) is 31.6 Å². The molecule has 2 rings (SSSR count). The van der Waals surface area contributed by atoms with Crippen molar-refractivity contribution < 1.29 is 24.4 Å². The largest absolute Gasteiger partial charge is 0.465 e. The third-order valence-electron chi connectivity index (χ3n) is 3.55. The number of amides is 1. The number of esters is 1. The lowest BCUT2D eigenvalue weighted by Gasteiger charge is -2.30. The number of likely N-dealkylation sites (tertiary alicyclic amines) is 1. The van der Waals surface area contributed by atoms with Crippen LogP contribution in [0.25, 0.3) is 0 Å². The number of hydrogen-bond donors (Lipinski definition) is 2. The van der Waals surface area contributed by atoms with Gasteiger partial charge in [-0.25, -0.2) is 4.79 Å². The first-order chi connectivity index (χ1) is 10.9. The Bertz CT molecular complexity index is 625. The van der Waals surface area contributed by atoms with Crippen LogP contribution in [0.1, 0.15) is 19.8 Å². The molecule has 1 heterocycles. The standard InChI is InChI=1S/C14H17N3O6/c1-9(18)23-11-2-3-12(13(8-11)17(21)22)15-10-4-6-16(7-5-10)14(19)20/h2-3,8,10,15H,4-7H2,1H3,(H,19,20). The first kappa shape index (κ1) is 16.5. The zero-order chi connectivity index (χ0) is 17.0. The summed E-state index contributed by atoms with van der Waals surface area (Å²) in [5.74, 6) is -0.448. The van der Waals surface area contributed by atoms with Crippen molar-refractivity contribution in [1.29, 1.82) is 0 Å². The molecule has 0 atom stereocenters. The van der Waals surface area contributed by atoms with Gasteiger partial charge in [-0.05, 0) is 25.0 Å². The van der Waals surface area contributed by atoms with Gasteiger partial charge in [0.15, 0.2) is 0 Å². The average molecular weight is 323 g/mol. The summed E-state index contributed by atoms with van der Waals surface area (Å²) in [6, 6.07) is 4.10. The molecule has 9 nitrogen and oxygen atoms in total. The molecule has 1 amide bonds. The van der Waals surface area contributed by atoms with Gasteiger partial charge in [0.25, 0.3) is 5.69 Å². The van der Waals surface area contributed by atoms with Crippen molar-refractivity contribution in [2.45, 2.75) is 25.8 Å². The van der Waals surface area contributed by atoms with Crippen molar-refractivity contribution in [2.75, 3.05) is 18.4 Å². The smallest absolute Gasteiger partial charge is 0.407 e. The number of hydrogen-bond acceptors (Lipinski definition) is 6. The Labute approximate surface area is 132 Å². The molecule has 0 radical (unpaired) electrons. The number of benzene rings is 1. The summed E-state index contributed by atoms with van der Waals surface area (Å²) in [5, 5.41) is 23.2. The third kappa shape index (κ3) is 4.31. The van der Waals surface area contributed by atoms with Gasteiger partial charge in [-0.15, -0.1) is 0 Å². The minimum Gasteiger partial charge on any atom is -0.465 e. The molecule has 124 valence electrons. The van der Waals surface area contributed by atoms with Crippen molar-refractivity contribution in [3.8, 4) is 5.75 Å². The zero-order valence-corrected chi connectivity index (χ0v) is 12.5. The zero-order valence-electron chi connectivity index (χ0n) is 12.5. The van der Waals surface area contributed by atoms with Gasteiger partial charge in [0.05, 0.1) is 11.0 Å². The Morgan fingerprint density at radius 3 is 2.57 bits per heavy atom. The fraction of sp³-hybridized carbons (Fsp3) is 0.429. The summed E-state index contributed by atoms with van der Waals surface area (Å²) in [5.41, 5.74) is 0.129. The maximum absolute atomic E-state index is 11.2. The summed E-state index contributed by atoms with van der Waals surface area (Å²) >= 11 is 0. The number of carbonyl (C=O) groups is 2. The van der Waals surface area contributed by atoms with Crippen molar-refractivity contribution in [3.05, 3.63) is 28.3 Å². The molecule has 9 heteroatoms. The van der Waals surface area contributed by atoms with E-state index in [0.717, 1.165) is 0 Å². The maximum Gasteiger partial charge on any atom is 0.407 e. The van der Waals surface area contributed by atoms with Gasteiger partial charge in [0.2, 0.25) is 0 Å². The molecule has 0 spiro atoms. The van der Waals surface area contributed by atoms with Crippen LogP contribution in [0.3, 0.4) is 0 Å². The number of nitro groups is 1. The molecule has 1 aromatic rings. The van der Waals surface area contributed by atoms with Gasteiger partial charge in [-0.3, -0.25) is 14.9 Å². The van der Waals surface area contributed by atoms with Gasteiger partial charge in [-0.2, -0.15) is 0 Å². The first-order valence-electron chi connectivity index (χ1n) is 7.08. The van der Waals surface area contributed by atoms with E-state index in [4.69, 9.17) is 9.84 Å². The number of rotatable bonds is 4. The molecule has 0 saturated carbocycles. The van der Waals surface area contributed by atoms with Crippen LogP contribution >= 0.6 is 0 Å². The predicted octanol–water partition coefficient (Wildman–Crippen LogP) is 2.07. The third-order valence-corrected chi connectivity index (χ3v) is 3.55. The molecule has 2 N–H and O–H groups in total. The van der Waals surface area contributed by atoms with Crippen LogP contribution < -0.4 is 10.1 Å². The number of nitrogens with zero attached hydrogens (tertiary/aromatic N) is 2. The van der Waals surface area contributed by atoms with E-state index >= 15 is 0 Å². The Balaban J connectivity index is 2.09. The lowest BCUT2D eigenvalue weighted by molar-refractivity contribution is -0.384. The van der Waals surface area contributed by atoms with Crippen LogP contribution in [-0.4, -0.2) is 46.1 Å². The molecule has 0 bridgehead atoms. The van der Waals surface area contributed by atoms with Gasteiger partial charge >= 0.3 is 12.1 Å². The topological polar surface area (TPSA) is 122 Å². The summed E-state index contributed by atoms with van der Waals surface area (Å²) < 4.78 is 4.85. The van der Waals surface area contributed by atoms with Crippen molar-refractivity contribution in [3.63, 3.8) is 0 Å². The molecule has 1 fully saturated rings. The molecule has 1 aromatic carbocycles. The average Bonchev–Trinajstić information content (AvgIpc) is 2.48. The highest BCUT2D eigenvalue weighted by atomic mass is 16.6. The molecule has 0 unspecified atom stereocenters. The normalized spacial score (nSPS) is 15.1. The fourth-order valence-corrected chi connectivity index (χ4v) is 2.45. The van der Waals surface area contributed by atoms with Crippen LogP contribution in [0.5, 0.6) is 5.75 Å². The molecular weight excluding hydrogens is 306 g/mol. The summed E-state index contributed by atoms with van der Waals surface area (Å²) in [6.45, 7) is 1.98. The lowest BCUT2D eigenvalue weighted by atomic mass is 10.0. The van der Waals surface area contributed by atoms with E-state index in [1.165, 1.54) is 30.0 Å². The van der Waals surface area contributed by atoms with Crippen LogP contribution in [0.2, 0.25) is 0 Å². The molecular formula is C14H17N3O6. The monoisotopic (exact) mass is 323 g/mol. The second-order valence-electron chi connectivity index (χ2n) is 5.22.